The molecule has 0 aromatic carbocycles. The minimum atomic E-state index is -0.555. The van der Waals surface area contributed by atoms with Crippen LogP contribution in [0.2, 0.25) is 0 Å². The van der Waals surface area contributed by atoms with Gasteiger partial charge in [-0.15, -0.1) is 0 Å². The maximum atomic E-state index is 14.9. The monoisotopic (exact) mass is 348 g/mol. The zero-order chi connectivity index (χ0) is 18.0. The number of nitrogens with two attached hydrogens (primary N) is 2. The van der Waals surface area contributed by atoms with Gasteiger partial charge in [-0.2, -0.15) is 0 Å². The second kappa shape index (κ2) is 7.16. The summed E-state index contributed by atoms with van der Waals surface area (Å²) < 4.78 is 20.2. The normalized spacial score (nSPS) is 23.6. The Morgan fingerprint density at radius 2 is 2.36 bits per heavy atom. The van der Waals surface area contributed by atoms with Gasteiger partial charge in [0.05, 0.1) is 17.9 Å². The largest absolute Gasteiger partial charge is 0.404 e. The van der Waals surface area contributed by atoms with Crippen LogP contribution in [0.5, 0.6) is 0 Å². The van der Waals surface area contributed by atoms with E-state index >= 15 is 0 Å². The van der Waals surface area contributed by atoms with Crippen molar-refractivity contribution < 1.29 is 13.9 Å². The van der Waals surface area contributed by atoms with Crippen LogP contribution in [-0.4, -0.2) is 49.5 Å². The van der Waals surface area contributed by atoms with Crippen LogP contribution >= 0.6 is 0 Å². The molecule has 1 fully saturated rings. The second-order valence-electron chi connectivity index (χ2n) is 5.95. The number of nitrogens with zero attached hydrogens (tertiary/aromatic N) is 2. The van der Waals surface area contributed by atoms with Crippen LogP contribution in [0.25, 0.3) is 5.57 Å². The number of carbonyl (C=O) groups is 1. The zero-order valence-electron chi connectivity index (χ0n) is 13.9. The lowest BCUT2D eigenvalue weighted by Crippen LogP contribution is -2.48. The summed E-state index contributed by atoms with van der Waals surface area (Å²) in [6.07, 6.45) is 3.42. The fourth-order valence-corrected chi connectivity index (χ4v) is 3.02. The van der Waals surface area contributed by atoms with E-state index < -0.39 is 5.82 Å². The Hall–Kier alpha value is -2.52. The Morgan fingerprint density at radius 1 is 1.56 bits per heavy atom. The third-order valence-corrected chi connectivity index (χ3v) is 4.33. The topological polar surface area (TPSA) is 128 Å². The molecule has 0 radical (unpaired) electrons. The lowest BCUT2D eigenvalue weighted by Gasteiger charge is -2.30. The molecule has 1 saturated heterocycles. The maximum Gasteiger partial charge on any atom is 0.254 e. The number of aromatic nitrogens is 1. The van der Waals surface area contributed by atoms with Crippen LogP contribution in [0, 0.1) is 5.82 Å². The van der Waals surface area contributed by atoms with Crippen molar-refractivity contribution in [1.29, 1.82) is 0 Å². The van der Waals surface area contributed by atoms with E-state index in [-0.39, 0.29) is 41.5 Å². The average molecular weight is 348 g/mol. The van der Waals surface area contributed by atoms with E-state index in [0.29, 0.717) is 30.9 Å². The molecule has 0 saturated carbocycles. The van der Waals surface area contributed by atoms with E-state index in [1.807, 2.05) is 0 Å². The van der Waals surface area contributed by atoms with Gasteiger partial charge in [-0.25, -0.2) is 9.37 Å². The van der Waals surface area contributed by atoms with E-state index in [4.69, 9.17) is 16.2 Å². The number of aliphatic imine (C=N–C) groups is 1. The first-order valence-corrected chi connectivity index (χ1v) is 8.01. The first kappa shape index (κ1) is 17.3. The predicted molar refractivity (Wildman–Crippen MR) is 92.8 cm³/mol. The lowest BCUT2D eigenvalue weighted by atomic mass is 10.0. The molecule has 0 bridgehead atoms. The fourth-order valence-electron chi connectivity index (χ4n) is 3.02. The molecule has 3 rings (SSSR count). The number of fused-ring (bicyclic) bond motifs is 1. The summed E-state index contributed by atoms with van der Waals surface area (Å²) in [6.45, 7) is 1.04. The van der Waals surface area contributed by atoms with Gasteiger partial charge in [0.25, 0.3) is 5.91 Å². The highest BCUT2D eigenvalue weighted by Gasteiger charge is 2.32. The van der Waals surface area contributed by atoms with Gasteiger partial charge in [-0.05, 0) is 6.42 Å². The van der Waals surface area contributed by atoms with Gasteiger partial charge >= 0.3 is 0 Å². The quantitative estimate of drug-likeness (QED) is 0.567. The molecule has 25 heavy (non-hydrogen) atoms. The number of ether oxygens (including phenoxy) is 1. The molecular formula is C16H21FN6O2. The van der Waals surface area contributed by atoms with Gasteiger partial charge < -0.3 is 26.8 Å². The van der Waals surface area contributed by atoms with E-state index in [2.05, 4.69) is 20.6 Å². The summed E-state index contributed by atoms with van der Waals surface area (Å²) in [6, 6.07) is -0.440. The standard InChI is InChI=1S/C16H21FN6O2/c1-20-5-8(4-18)14-12-9(6-21-16(12)24)13(17)15(23-14)22-11-2-3-25-7-10(11)19/h4-5,10-11H,2-3,6-7,18-19H2,1H3,(H,21,24)(H,22,23). The summed E-state index contributed by atoms with van der Waals surface area (Å²) in [4.78, 5) is 20.4. The molecule has 0 aliphatic carbocycles. The van der Waals surface area contributed by atoms with Gasteiger partial charge in [-0.1, -0.05) is 0 Å². The van der Waals surface area contributed by atoms with Crippen molar-refractivity contribution in [2.24, 2.45) is 16.5 Å². The number of hydrogen-bond acceptors (Lipinski definition) is 7. The van der Waals surface area contributed by atoms with Crippen molar-refractivity contribution in [3.05, 3.63) is 28.8 Å². The van der Waals surface area contributed by atoms with Gasteiger partial charge in [0.15, 0.2) is 11.6 Å². The van der Waals surface area contributed by atoms with Crippen LogP contribution in [0.4, 0.5) is 10.2 Å². The molecule has 0 spiro atoms. The first-order valence-electron chi connectivity index (χ1n) is 8.01. The van der Waals surface area contributed by atoms with Crippen LogP contribution in [0.1, 0.15) is 28.0 Å². The smallest absolute Gasteiger partial charge is 0.254 e. The van der Waals surface area contributed by atoms with Gasteiger partial charge in [0.2, 0.25) is 0 Å². The van der Waals surface area contributed by atoms with Crippen molar-refractivity contribution in [2.75, 3.05) is 25.6 Å². The number of anilines is 1. The van der Waals surface area contributed by atoms with E-state index in [9.17, 15) is 9.18 Å². The molecular weight excluding hydrogens is 327 g/mol. The minimum absolute atomic E-state index is 0.0523. The third-order valence-electron chi connectivity index (χ3n) is 4.33. The van der Waals surface area contributed by atoms with Crippen molar-refractivity contribution in [2.45, 2.75) is 25.0 Å². The van der Waals surface area contributed by atoms with Crippen molar-refractivity contribution in [3.8, 4) is 0 Å². The number of carbonyl (C=O) groups excluding carboxylic acids is 1. The summed E-state index contributed by atoms with van der Waals surface area (Å²) in [5.74, 6) is -0.883. The number of halogens is 1. The molecule has 1 aromatic rings. The Balaban J connectivity index is 2.06. The minimum Gasteiger partial charge on any atom is -0.404 e. The first-order chi connectivity index (χ1) is 12.1. The molecule has 1 aromatic heterocycles. The number of allylic oxidation sites excluding steroid dienone is 1. The van der Waals surface area contributed by atoms with E-state index in [0.717, 1.165) is 0 Å². The highest BCUT2D eigenvalue weighted by atomic mass is 19.1. The molecule has 134 valence electrons. The Bertz CT molecular complexity index is 749. The van der Waals surface area contributed by atoms with Crippen molar-refractivity contribution >= 4 is 23.5 Å². The summed E-state index contributed by atoms with van der Waals surface area (Å²) in [5.41, 5.74) is 12.9. The van der Waals surface area contributed by atoms with Crippen LogP contribution in [0.15, 0.2) is 11.2 Å². The fraction of sp³-hybridized carbons (Fsp3) is 0.438. The van der Waals surface area contributed by atoms with Gasteiger partial charge in [0, 0.05) is 55.8 Å². The maximum absolute atomic E-state index is 14.9. The number of nitrogens with one attached hydrogen (secondary N) is 2. The SMILES string of the molecule is CN=CC(=CN)c1nc(NC2CCOCC2N)c(F)c2c1C(=O)NC2. The molecule has 2 aliphatic heterocycles. The van der Waals surface area contributed by atoms with Gasteiger partial charge in [0.1, 0.15) is 0 Å². The average Bonchev–Trinajstić information content (AvgIpc) is 3.00. The van der Waals surface area contributed by atoms with Crippen LogP contribution in [-0.2, 0) is 11.3 Å². The highest BCUT2D eigenvalue weighted by molar-refractivity contribution is 6.14. The molecule has 3 heterocycles. The molecule has 9 heteroatoms. The molecule has 1 amide bonds. The highest BCUT2D eigenvalue weighted by Crippen LogP contribution is 2.30. The Kier molecular flexibility index (Phi) is 4.95. The third kappa shape index (κ3) is 3.20. The van der Waals surface area contributed by atoms with E-state index in [1.54, 1.807) is 7.05 Å². The lowest BCUT2D eigenvalue weighted by molar-refractivity contribution is 0.0751. The molecule has 8 nitrogen and oxygen atoms in total. The summed E-state index contributed by atoms with van der Waals surface area (Å²) >= 11 is 0. The predicted octanol–water partition coefficient (Wildman–Crippen LogP) is -0.00760. The Labute approximate surface area is 144 Å². The summed E-state index contributed by atoms with van der Waals surface area (Å²) in [5, 5.41) is 5.69. The summed E-state index contributed by atoms with van der Waals surface area (Å²) in [7, 11) is 1.58. The second-order valence-corrected chi connectivity index (χ2v) is 5.95. The van der Waals surface area contributed by atoms with Crippen LogP contribution in [0.3, 0.4) is 0 Å². The van der Waals surface area contributed by atoms with Gasteiger partial charge in [-0.3, -0.25) is 9.79 Å². The molecule has 6 N–H and O–H groups in total. The number of pyridine rings is 1. The molecule has 2 atom stereocenters. The van der Waals surface area contributed by atoms with Crippen LogP contribution < -0.4 is 22.1 Å². The number of rotatable bonds is 4. The Morgan fingerprint density at radius 3 is 3.04 bits per heavy atom. The number of hydrogen-bond donors (Lipinski definition) is 4. The van der Waals surface area contributed by atoms with Crippen molar-refractivity contribution in [3.63, 3.8) is 0 Å². The number of amides is 1. The zero-order valence-corrected chi connectivity index (χ0v) is 13.9. The molecule has 2 unspecified atom stereocenters. The van der Waals surface area contributed by atoms with E-state index in [1.165, 1.54) is 12.4 Å². The van der Waals surface area contributed by atoms with Crippen molar-refractivity contribution in [1.82, 2.24) is 10.3 Å². The molecule has 2 aliphatic rings.